The van der Waals surface area contributed by atoms with Crippen molar-refractivity contribution >= 4 is 5.97 Å². The molecule has 0 aromatic heterocycles. The minimum Gasteiger partial charge on any atom is -0.462 e. The summed E-state index contributed by atoms with van der Waals surface area (Å²) in [6, 6.07) is 0. The zero-order valence-electron chi connectivity index (χ0n) is 10.1. The van der Waals surface area contributed by atoms with E-state index in [0.717, 1.165) is 0 Å². The van der Waals surface area contributed by atoms with Gasteiger partial charge in [0.05, 0.1) is 5.92 Å². The maximum atomic E-state index is 11.7. The standard InChI is InChI=1S/C12H22O2/c1-7-8(2)12(5,6)9(3)11(13)14-10(7)4/h7-10H,1-6H3. The lowest BCUT2D eigenvalue weighted by Gasteiger charge is -2.36. The summed E-state index contributed by atoms with van der Waals surface area (Å²) < 4.78 is 5.40. The highest BCUT2D eigenvalue weighted by Gasteiger charge is 2.44. The second-order valence-electron chi connectivity index (χ2n) is 5.33. The number of rotatable bonds is 0. The smallest absolute Gasteiger partial charge is 0.309 e. The van der Waals surface area contributed by atoms with E-state index in [-0.39, 0.29) is 23.4 Å². The molecule has 0 N–H and O–H groups in total. The summed E-state index contributed by atoms with van der Waals surface area (Å²) >= 11 is 0. The number of carbonyl (C=O) groups is 1. The molecule has 82 valence electrons. The second-order valence-corrected chi connectivity index (χ2v) is 5.33. The Morgan fingerprint density at radius 1 is 1.14 bits per heavy atom. The van der Waals surface area contributed by atoms with Gasteiger partial charge in [0.15, 0.2) is 0 Å². The van der Waals surface area contributed by atoms with Crippen LogP contribution >= 0.6 is 0 Å². The Hall–Kier alpha value is -0.530. The molecule has 0 aliphatic carbocycles. The molecule has 0 aromatic carbocycles. The van der Waals surface area contributed by atoms with E-state index in [1.807, 2.05) is 13.8 Å². The van der Waals surface area contributed by atoms with Gasteiger partial charge in [0.1, 0.15) is 6.10 Å². The zero-order chi connectivity index (χ0) is 11.1. The Morgan fingerprint density at radius 2 is 1.64 bits per heavy atom. The molecular formula is C12H22O2. The first kappa shape index (κ1) is 11.5. The Morgan fingerprint density at radius 3 is 2.14 bits per heavy atom. The number of cyclic esters (lactones) is 1. The van der Waals surface area contributed by atoms with Crippen molar-refractivity contribution < 1.29 is 9.53 Å². The van der Waals surface area contributed by atoms with Gasteiger partial charge in [0, 0.05) is 0 Å². The quantitative estimate of drug-likeness (QED) is 0.559. The monoisotopic (exact) mass is 198 g/mol. The molecule has 14 heavy (non-hydrogen) atoms. The van der Waals surface area contributed by atoms with E-state index in [0.29, 0.717) is 11.8 Å². The van der Waals surface area contributed by atoms with Crippen LogP contribution in [-0.2, 0) is 9.53 Å². The molecule has 0 aromatic rings. The van der Waals surface area contributed by atoms with Crippen molar-refractivity contribution in [3.63, 3.8) is 0 Å². The normalized spacial score (nSPS) is 42.9. The van der Waals surface area contributed by atoms with E-state index in [1.54, 1.807) is 0 Å². The van der Waals surface area contributed by atoms with Crippen molar-refractivity contribution in [2.75, 3.05) is 0 Å². The van der Waals surface area contributed by atoms with Crippen LogP contribution in [0.25, 0.3) is 0 Å². The molecule has 0 saturated carbocycles. The Labute approximate surface area is 87.0 Å². The summed E-state index contributed by atoms with van der Waals surface area (Å²) in [5, 5.41) is 0. The van der Waals surface area contributed by atoms with Crippen LogP contribution < -0.4 is 0 Å². The van der Waals surface area contributed by atoms with Crippen LogP contribution in [-0.4, -0.2) is 12.1 Å². The van der Waals surface area contributed by atoms with Crippen molar-refractivity contribution in [3.05, 3.63) is 0 Å². The predicted molar refractivity (Wildman–Crippen MR) is 56.8 cm³/mol. The number of ether oxygens (including phenoxy) is 1. The SMILES string of the molecule is CC1OC(=O)C(C)C(C)(C)C(C)C1C. The van der Waals surface area contributed by atoms with E-state index in [9.17, 15) is 4.79 Å². The lowest BCUT2D eigenvalue weighted by molar-refractivity contribution is -0.154. The number of hydrogen-bond acceptors (Lipinski definition) is 2. The molecule has 4 unspecified atom stereocenters. The van der Waals surface area contributed by atoms with E-state index >= 15 is 0 Å². The highest BCUT2D eigenvalue weighted by Crippen LogP contribution is 2.43. The summed E-state index contributed by atoms with van der Waals surface area (Å²) in [5.41, 5.74) is 0.0290. The third-order valence-electron chi connectivity index (χ3n) is 4.47. The van der Waals surface area contributed by atoms with Gasteiger partial charge in [0.2, 0.25) is 0 Å². The first-order valence-corrected chi connectivity index (χ1v) is 5.49. The van der Waals surface area contributed by atoms with Gasteiger partial charge in [0.25, 0.3) is 0 Å². The zero-order valence-corrected chi connectivity index (χ0v) is 10.1. The van der Waals surface area contributed by atoms with Crippen LogP contribution in [0.4, 0.5) is 0 Å². The first-order chi connectivity index (χ1) is 6.28. The third-order valence-corrected chi connectivity index (χ3v) is 4.47. The van der Waals surface area contributed by atoms with Gasteiger partial charge in [-0.05, 0) is 24.2 Å². The van der Waals surface area contributed by atoms with E-state index in [4.69, 9.17) is 4.74 Å². The van der Waals surface area contributed by atoms with Crippen molar-refractivity contribution in [2.45, 2.75) is 47.6 Å². The van der Waals surface area contributed by atoms with Crippen molar-refractivity contribution in [2.24, 2.45) is 23.2 Å². The van der Waals surface area contributed by atoms with E-state index < -0.39 is 0 Å². The lowest BCUT2D eigenvalue weighted by atomic mass is 9.66. The van der Waals surface area contributed by atoms with Gasteiger partial charge in [-0.1, -0.05) is 34.6 Å². The van der Waals surface area contributed by atoms with Gasteiger partial charge in [-0.3, -0.25) is 4.79 Å². The van der Waals surface area contributed by atoms with Gasteiger partial charge < -0.3 is 4.74 Å². The Bertz CT molecular complexity index is 232. The van der Waals surface area contributed by atoms with Crippen LogP contribution in [0.2, 0.25) is 0 Å². The Balaban J connectivity index is 3.03. The topological polar surface area (TPSA) is 26.3 Å². The van der Waals surface area contributed by atoms with Crippen LogP contribution in [0.15, 0.2) is 0 Å². The third kappa shape index (κ3) is 1.67. The number of carbonyl (C=O) groups excluding carboxylic acids is 1. The van der Waals surface area contributed by atoms with Crippen LogP contribution in [0, 0.1) is 23.2 Å². The molecule has 0 amide bonds. The minimum atomic E-state index is -0.0429. The molecule has 1 rings (SSSR count). The molecular weight excluding hydrogens is 176 g/mol. The molecule has 0 radical (unpaired) electrons. The molecule has 4 atom stereocenters. The summed E-state index contributed by atoms with van der Waals surface area (Å²) in [6.07, 6.45) is 0.0433. The second kappa shape index (κ2) is 3.56. The molecule has 2 nitrogen and oxygen atoms in total. The van der Waals surface area contributed by atoms with Gasteiger partial charge in [-0.2, -0.15) is 0 Å². The first-order valence-electron chi connectivity index (χ1n) is 5.49. The van der Waals surface area contributed by atoms with Gasteiger partial charge in [-0.15, -0.1) is 0 Å². The molecule has 1 aliphatic heterocycles. The number of esters is 1. The fraction of sp³-hybridized carbons (Fsp3) is 0.917. The van der Waals surface area contributed by atoms with Crippen LogP contribution in [0.1, 0.15) is 41.5 Å². The summed E-state index contributed by atoms with van der Waals surface area (Å²) in [6.45, 7) is 12.7. The molecule has 1 aliphatic rings. The van der Waals surface area contributed by atoms with Gasteiger partial charge >= 0.3 is 5.97 Å². The highest BCUT2D eigenvalue weighted by atomic mass is 16.5. The molecule has 1 fully saturated rings. The fourth-order valence-corrected chi connectivity index (χ4v) is 2.17. The van der Waals surface area contributed by atoms with E-state index in [2.05, 4.69) is 27.7 Å². The van der Waals surface area contributed by atoms with Crippen molar-refractivity contribution in [1.29, 1.82) is 0 Å². The van der Waals surface area contributed by atoms with Crippen molar-refractivity contribution in [1.82, 2.24) is 0 Å². The Kier molecular flexibility index (Phi) is 2.93. The summed E-state index contributed by atoms with van der Waals surface area (Å²) in [4.78, 5) is 11.7. The largest absolute Gasteiger partial charge is 0.462 e. The van der Waals surface area contributed by atoms with Gasteiger partial charge in [-0.25, -0.2) is 0 Å². The predicted octanol–water partition coefficient (Wildman–Crippen LogP) is 2.87. The minimum absolute atomic E-state index is 0.00935. The maximum absolute atomic E-state index is 11.7. The molecule has 1 heterocycles. The van der Waals surface area contributed by atoms with E-state index in [1.165, 1.54) is 0 Å². The highest BCUT2D eigenvalue weighted by molar-refractivity contribution is 5.73. The summed E-state index contributed by atoms with van der Waals surface area (Å²) in [7, 11) is 0. The number of hydrogen-bond donors (Lipinski definition) is 0. The molecule has 2 heteroatoms. The average Bonchev–Trinajstić information content (AvgIpc) is 2.15. The fourth-order valence-electron chi connectivity index (χ4n) is 2.17. The average molecular weight is 198 g/mol. The molecule has 0 bridgehead atoms. The van der Waals surface area contributed by atoms with Crippen LogP contribution in [0.3, 0.4) is 0 Å². The molecule has 1 saturated heterocycles. The lowest BCUT2D eigenvalue weighted by Crippen LogP contribution is -2.34. The molecule has 0 spiro atoms. The summed E-state index contributed by atoms with van der Waals surface area (Å²) in [5.74, 6) is 0.876. The van der Waals surface area contributed by atoms with Crippen LogP contribution in [0.5, 0.6) is 0 Å². The maximum Gasteiger partial charge on any atom is 0.309 e. The van der Waals surface area contributed by atoms with Crippen molar-refractivity contribution in [3.8, 4) is 0 Å².